The summed E-state index contributed by atoms with van der Waals surface area (Å²) in [6.45, 7) is 9.45. The number of rotatable bonds is 7. The van der Waals surface area contributed by atoms with Crippen LogP contribution in [0.5, 0.6) is 0 Å². The molecule has 0 aliphatic heterocycles. The van der Waals surface area contributed by atoms with E-state index in [4.69, 9.17) is 14.2 Å². The molecule has 1 amide bonds. The maximum absolute atomic E-state index is 13.5. The second kappa shape index (κ2) is 10.8. The number of nitrogens with zero attached hydrogens (tertiary/aromatic N) is 6. The van der Waals surface area contributed by atoms with Gasteiger partial charge in [0, 0.05) is 31.5 Å². The predicted octanol–water partition coefficient (Wildman–Crippen LogP) is 4.87. The molecule has 4 aromatic rings. The van der Waals surface area contributed by atoms with Crippen LogP contribution in [0, 0.1) is 11.3 Å². The molecule has 2 N–H and O–H groups in total. The molecular formula is C29H30N8O4. The number of hydrogen-bond donors (Lipinski definition) is 2. The Balaban J connectivity index is 1.58. The first-order valence-corrected chi connectivity index (χ1v) is 13.1. The SMILES string of the molecule is C=C(NC1CCC1)c1onc2c(N(C)C(=O)OC(C)(C)C)cc(Nc3cccn(-c4ncccc4C#N)c3=O)nc12. The largest absolute Gasteiger partial charge is 0.443 e. The lowest BCUT2D eigenvalue weighted by molar-refractivity contribution is 0.0589. The fourth-order valence-corrected chi connectivity index (χ4v) is 4.29. The Bertz CT molecular complexity index is 1740. The lowest BCUT2D eigenvalue weighted by atomic mass is 9.93. The van der Waals surface area contributed by atoms with Gasteiger partial charge in [0.05, 0.1) is 16.9 Å². The number of amides is 1. The highest BCUT2D eigenvalue weighted by atomic mass is 16.6. The summed E-state index contributed by atoms with van der Waals surface area (Å²) in [5, 5.41) is 20.1. The van der Waals surface area contributed by atoms with E-state index in [1.165, 1.54) is 21.9 Å². The molecule has 0 radical (unpaired) electrons. The van der Waals surface area contributed by atoms with Gasteiger partial charge in [-0.15, -0.1) is 0 Å². The first kappa shape index (κ1) is 27.4. The fraction of sp³-hybridized carbons (Fsp3) is 0.310. The lowest BCUT2D eigenvalue weighted by Gasteiger charge is -2.27. The molecule has 0 unspecified atom stereocenters. The molecule has 41 heavy (non-hydrogen) atoms. The molecule has 1 saturated carbocycles. The second-order valence-electron chi connectivity index (χ2n) is 10.7. The van der Waals surface area contributed by atoms with Crippen molar-refractivity contribution in [1.82, 2.24) is 25.0 Å². The number of nitriles is 1. The molecule has 1 aliphatic carbocycles. The van der Waals surface area contributed by atoms with E-state index < -0.39 is 17.3 Å². The van der Waals surface area contributed by atoms with Gasteiger partial charge in [0.2, 0.25) is 5.76 Å². The molecule has 12 nitrogen and oxygen atoms in total. The van der Waals surface area contributed by atoms with Crippen LogP contribution in [0.25, 0.3) is 22.5 Å². The molecule has 4 heterocycles. The molecule has 0 atom stereocenters. The number of anilines is 3. The Labute approximate surface area is 236 Å². The number of nitrogens with one attached hydrogen (secondary N) is 2. The molecule has 0 saturated heterocycles. The van der Waals surface area contributed by atoms with Crippen LogP contribution in [-0.4, -0.2) is 44.5 Å². The van der Waals surface area contributed by atoms with Crippen LogP contribution >= 0.6 is 0 Å². The Morgan fingerprint density at radius 1 is 1.27 bits per heavy atom. The molecule has 4 aromatic heterocycles. The number of carbonyl (C=O) groups excluding carboxylic acids is 1. The molecule has 0 bridgehead atoms. The van der Waals surface area contributed by atoms with E-state index in [1.807, 2.05) is 0 Å². The normalized spacial score (nSPS) is 13.2. The summed E-state index contributed by atoms with van der Waals surface area (Å²) in [7, 11) is 1.56. The quantitative estimate of drug-likeness (QED) is 0.324. The highest BCUT2D eigenvalue weighted by Crippen LogP contribution is 2.33. The third-order valence-electron chi connectivity index (χ3n) is 6.55. The Kier molecular flexibility index (Phi) is 7.19. The first-order chi connectivity index (χ1) is 19.6. The van der Waals surface area contributed by atoms with Crippen molar-refractivity contribution in [3.63, 3.8) is 0 Å². The molecule has 210 valence electrons. The zero-order chi connectivity index (χ0) is 29.3. The predicted molar refractivity (Wildman–Crippen MR) is 154 cm³/mol. The molecular weight excluding hydrogens is 524 g/mol. The van der Waals surface area contributed by atoms with Crippen LogP contribution in [0.4, 0.5) is 22.0 Å². The molecule has 12 heteroatoms. The zero-order valence-corrected chi connectivity index (χ0v) is 23.3. The Morgan fingerprint density at radius 2 is 2.05 bits per heavy atom. The summed E-state index contributed by atoms with van der Waals surface area (Å²) < 4.78 is 12.5. The van der Waals surface area contributed by atoms with Crippen LogP contribution in [0.2, 0.25) is 0 Å². The van der Waals surface area contributed by atoms with Crippen molar-refractivity contribution in [3.05, 3.63) is 71.0 Å². The highest BCUT2D eigenvalue weighted by Gasteiger charge is 2.27. The first-order valence-electron chi connectivity index (χ1n) is 13.1. The van der Waals surface area contributed by atoms with E-state index in [2.05, 4.69) is 33.4 Å². The molecule has 0 aromatic carbocycles. The third kappa shape index (κ3) is 5.60. The maximum atomic E-state index is 13.5. The fourth-order valence-electron chi connectivity index (χ4n) is 4.29. The minimum Gasteiger partial charge on any atom is -0.443 e. The van der Waals surface area contributed by atoms with Crippen LogP contribution in [0.1, 0.15) is 51.4 Å². The van der Waals surface area contributed by atoms with Gasteiger partial charge in [-0.05, 0) is 64.3 Å². The van der Waals surface area contributed by atoms with Gasteiger partial charge in [0.1, 0.15) is 28.7 Å². The summed E-state index contributed by atoms with van der Waals surface area (Å²) in [6.07, 6.45) is 5.64. The maximum Gasteiger partial charge on any atom is 0.414 e. The van der Waals surface area contributed by atoms with Crippen molar-refractivity contribution in [2.24, 2.45) is 0 Å². The third-order valence-corrected chi connectivity index (χ3v) is 6.55. The number of ether oxygens (including phenoxy) is 1. The number of aromatic nitrogens is 4. The van der Waals surface area contributed by atoms with Crippen LogP contribution in [0.3, 0.4) is 0 Å². The topological polar surface area (TPSA) is 151 Å². The molecule has 1 aliphatic rings. The van der Waals surface area contributed by atoms with Gasteiger partial charge in [-0.1, -0.05) is 11.7 Å². The van der Waals surface area contributed by atoms with Crippen LogP contribution in [0.15, 0.2) is 58.6 Å². The standard InChI is InChI=1S/C29H30N8O4/c1-17(32-19-10-6-11-19)25-24-23(35-41-25)21(36(5)28(39)40-29(2,3)4)15-22(34-24)33-20-12-8-14-37(27(20)38)26-18(16-30)9-7-13-31-26/h7-9,12-15,19,32H,1,6,10-11H2,2-5H3,(H,33,34). The van der Waals surface area contributed by atoms with E-state index in [1.54, 1.807) is 58.2 Å². The number of pyridine rings is 3. The molecule has 1 fully saturated rings. The van der Waals surface area contributed by atoms with Gasteiger partial charge in [-0.2, -0.15) is 5.26 Å². The van der Waals surface area contributed by atoms with E-state index in [-0.39, 0.29) is 22.9 Å². The van der Waals surface area contributed by atoms with Crippen LogP contribution in [-0.2, 0) is 4.74 Å². The van der Waals surface area contributed by atoms with Gasteiger partial charge in [0.15, 0.2) is 11.3 Å². The Morgan fingerprint density at radius 3 is 2.73 bits per heavy atom. The summed E-state index contributed by atoms with van der Waals surface area (Å²) in [5.74, 6) is 0.782. The minimum absolute atomic E-state index is 0.171. The monoisotopic (exact) mass is 554 g/mol. The lowest BCUT2D eigenvalue weighted by Crippen LogP contribution is -2.34. The summed E-state index contributed by atoms with van der Waals surface area (Å²) in [5.41, 5.74) is 0.798. The van der Waals surface area contributed by atoms with Crippen molar-refractivity contribution < 1.29 is 14.1 Å². The number of carbonyl (C=O) groups is 1. The Hall–Kier alpha value is -5.18. The van der Waals surface area contributed by atoms with Crippen molar-refractivity contribution in [2.45, 2.75) is 51.7 Å². The summed E-state index contributed by atoms with van der Waals surface area (Å²) >= 11 is 0. The highest BCUT2D eigenvalue weighted by molar-refractivity contribution is 6.01. The van der Waals surface area contributed by atoms with Gasteiger partial charge in [-0.3, -0.25) is 14.3 Å². The van der Waals surface area contributed by atoms with Gasteiger partial charge >= 0.3 is 6.09 Å². The van der Waals surface area contributed by atoms with Crippen LogP contribution < -0.4 is 21.1 Å². The average Bonchev–Trinajstić information content (AvgIpc) is 3.34. The van der Waals surface area contributed by atoms with Gasteiger partial charge < -0.3 is 19.9 Å². The number of hydrogen-bond acceptors (Lipinski definition) is 10. The summed E-state index contributed by atoms with van der Waals surface area (Å²) in [6, 6.07) is 10.4. The van der Waals surface area contributed by atoms with Crippen molar-refractivity contribution in [1.29, 1.82) is 5.26 Å². The van der Waals surface area contributed by atoms with Crippen molar-refractivity contribution >= 4 is 40.0 Å². The summed E-state index contributed by atoms with van der Waals surface area (Å²) in [4.78, 5) is 36.7. The minimum atomic E-state index is -0.725. The number of fused-ring (bicyclic) bond motifs is 1. The average molecular weight is 555 g/mol. The van der Waals surface area contributed by atoms with E-state index >= 15 is 0 Å². The van der Waals surface area contributed by atoms with E-state index in [0.29, 0.717) is 34.2 Å². The van der Waals surface area contributed by atoms with E-state index in [9.17, 15) is 14.9 Å². The zero-order valence-electron chi connectivity index (χ0n) is 23.3. The van der Waals surface area contributed by atoms with Gasteiger partial charge in [-0.25, -0.2) is 14.8 Å². The van der Waals surface area contributed by atoms with Gasteiger partial charge in [0.25, 0.3) is 5.56 Å². The van der Waals surface area contributed by atoms with E-state index in [0.717, 1.165) is 19.3 Å². The van der Waals surface area contributed by atoms with Crippen molar-refractivity contribution in [2.75, 3.05) is 17.3 Å². The molecule has 0 spiro atoms. The smallest absolute Gasteiger partial charge is 0.414 e. The van der Waals surface area contributed by atoms with Crippen molar-refractivity contribution in [3.8, 4) is 11.9 Å². The second-order valence-corrected chi connectivity index (χ2v) is 10.7. The molecule has 5 rings (SSSR count).